The summed E-state index contributed by atoms with van der Waals surface area (Å²) in [4.78, 5) is 11.8. The van der Waals surface area contributed by atoms with Crippen LogP contribution in [0.4, 0.5) is 0 Å². The van der Waals surface area contributed by atoms with Crippen LogP contribution in [0.25, 0.3) is 11.0 Å². The van der Waals surface area contributed by atoms with E-state index >= 15 is 0 Å². The number of fused-ring (bicyclic) bond motifs is 1. The molecule has 1 fully saturated rings. The third kappa shape index (κ3) is 2.60. The van der Waals surface area contributed by atoms with Gasteiger partial charge in [0, 0.05) is 13.0 Å². The number of hydrogen-bond acceptors (Lipinski definition) is 5. The van der Waals surface area contributed by atoms with Crippen molar-refractivity contribution in [1.29, 1.82) is 0 Å². The number of aromatic nitrogens is 4. The van der Waals surface area contributed by atoms with Gasteiger partial charge in [-0.1, -0.05) is 31.1 Å². The molecule has 4 rings (SSSR count). The minimum atomic E-state index is 0.223. The quantitative estimate of drug-likeness (QED) is 0.735. The lowest BCUT2D eigenvalue weighted by molar-refractivity contribution is 0.226. The molecule has 0 bridgehead atoms. The van der Waals surface area contributed by atoms with E-state index < -0.39 is 0 Å². The molecule has 0 N–H and O–H groups in total. The minimum Gasteiger partial charge on any atom is -0.339 e. The molecule has 0 aliphatic carbocycles. The molecule has 3 aromatic rings. The van der Waals surface area contributed by atoms with Crippen LogP contribution in [0.3, 0.4) is 0 Å². The molecular weight excluding hydrogens is 302 g/mol. The van der Waals surface area contributed by atoms with Crippen molar-refractivity contribution in [2.75, 3.05) is 6.54 Å². The van der Waals surface area contributed by atoms with Crippen molar-refractivity contribution in [3.63, 3.8) is 0 Å². The second-order valence-electron chi connectivity index (χ2n) is 6.85. The molecule has 0 saturated carbocycles. The average molecular weight is 325 g/mol. The average Bonchev–Trinajstić information content (AvgIpc) is 3.28. The Morgan fingerprint density at radius 2 is 2.08 bits per heavy atom. The molecule has 0 amide bonds. The van der Waals surface area contributed by atoms with Gasteiger partial charge in [0.15, 0.2) is 5.82 Å². The molecule has 1 aliphatic heterocycles. The first-order valence-electron chi connectivity index (χ1n) is 8.61. The Labute approximate surface area is 141 Å². The first-order chi connectivity index (χ1) is 11.6. The molecule has 2 aromatic heterocycles. The molecule has 1 atom stereocenters. The fourth-order valence-electron chi connectivity index (χ4n) is 3.44. The molecule has 6 nitrogen and oxygen atoms in total. The van der Waals surface area contributed by atoms with Crippen molar-refractivity contribution in [3.8, 4) is 0 Å². The lowest BCUT2D eigenvalue weighted by Gasteiger charge is -2.21. The second-order valence-corrected chi connectivity index (χ2v) is 6.85. The molecule has 1 unspecified atom stereocenters. The van der Waals surface area contributed by atoms with Crippen LogP contribution in [-0.4, -0.2) is 31.1 Å². The number of nitrogens with zero attached hydrogens (tertiary/aromatic N) is 5. The number of hydrogen-bond donors (Lipinski definition) is 0. The van der Waals surface area contributed by atoms with Crippen molar-refractivity contribution in [2.45, 2.75) is 45.2 Å². The zero-order chi connectivity index (χ0) is 16.7. The topological polar surface area (TPSA) is 60.0 Å². The van der Waals surface area contributed by atoms with Crippen molar-refractivity contribution in [2.24, 2.45) is 7.05 Å². The van der Waals surface area contributed by atoms with E-state index in [1.54, 1.807) is 0 Å². The maximum atomic E-state index is 5.40. The lowest BCUT2D eigenvalue weighted by atomic mass is 10.2. The van der Waals surface area contributed by atoms with Crippen LogP contribution in [0.5, 0.6) is 0 Å². The van der Waals surface area contributed by atoms with Crippen molar-refractivity contribution in [1.82, 2.24) is 24.6 Å². The van der Waals surface area contributed by atoms with Crippen LogP contribution in [0, 0.1) is 0 Å². The molecular formula is C18H23N5O. The van der Waals surface area contributed by atoms with Gasteiger partial charge in [0.25, 0.3) is 0 Å². The van der Waals surface area contributed by atoms with Gasteiger partial charge in [0.2, 0.25) is 5.89 Å². The first-order valence-corrected chi connectivity index (χ1v) is 8.61. The van der Waals surface area contributed by atoms with Gasteiger partial charge >= 0.3 is 0 Å². The summed E-state index contributed by atoms with van der Waals surface area (Å²) in [6.07, 6.45) is 2.22. The summed E-state index contributed by atoms with van der Waals surface area (Å²) in [5.41, 5.74) is 2.22. The van der Waals surface area contributed by atoms with Gasteiger partial charge in [-0.15, -0.1) is 0 Å². The predicted octanol–water partition coefficient (Wildman–Crippen LogP) is 3.42. The molecule has 1 aliphatic rings. The van der Waals surface area contributed by atoms with Crippen LogP contribution < -0.4 is 0 Å². The maximum absolute atomic E-state index is 5.40. The zero-order valence-corrected chi connectivity index (χ0v) is 14.4. The molecule has 126 valence electrons. The third-order valence-corrected chi connectivity index (χ3v) is 4.84. The SMILES string of the molecule is CC(C)c1nc(C2CCCN2Cc2nc3ccccc3n2C)no1. The highest BCUT2D eigenvalue weighted by Gasteiger charge is 2.31. The van der Waals surface area contributed by atoms with Crippen molar-refractivity contribution in [3.05, 3.63) is 41.8 Å². The predicted molar refractivity (Wildman–Crippen MR) is 91.5 cm³/mol. The zero-order valence-electron chi connectivity index (χ0n) is 14.4. The number of aryl methyl sites for hydroxylation is 1. The second kappa shape index (κ2) is 6.02. The summed E-state index contributed by atoms with van der Waals surface area (Å²) < 4.78 is 7.58. The van der Waals surface area contributed by atoms with Gasteiger partial charge in [-0.05, 0) is 31.5 Å². The van der Waals surface area contributed by atoms with Crippen LogP contribution in [-0.2, 0) is 13.6 Å². The summed E-state index contributed by atoms with van der Waals surface area (Å²) in [5.74, 6) is 2.88. The number of benzene rings is 1. The number of imidazole rings is 1. The van der Waals surface area contributed by atoms with Gasteiger partial charge in [-0.25, -0.2) is 4.98 Å². The smallest absolute Gasteiger partial charge is 0.229 e. The number of rotatable bonds is 4. The summed E-state index contributed by atoms with van der Waals surface area (Å²) in [6.45, 7) is 5.99. The molecule has 24 heavy (non-hydrogen) atoms. The van der Waals surface area contributed by atoms with E-state index in [2.05, 4.69) is 58.7 Å². The van der Waals surface area contributed by atoms with Gasteiger partial charge < -0.3 is 9.09 Å². The van der Waals surface area contributed by atoms with E-state index in [0.29, 0.717) is 0 Å². The summed E-state index contributed by atoms with van der Waals surface area (Å²) in [7, 11) is 2.08. The molecule has 1 saturated heterocycles. The third-order valence-electron chi connectivity index (χ3n) is 4.84. The first kappa shape index (κ1) is 15.3. The fourth-order valence-corrected chi connectivity index (χ4v) is 3.44. The Morgan fingerprint density at radius 1 is 1.25 bits per heavy atom. The Kier molecular flexibility index (Phi) is 3.84. The Bertz CT molecular complexity index is 850. The Balaban J connectivity index is 1.59. The van der Waals surface area contributed by atoms with Crippen LogP contribution in [0.2, 0.25) is 0 Å². The molecule has 3 heterocycles. The molecule has 6 heteroatoms. The van der Waals surface area contributed by atoms with Crippen LogP contribution in [0.1, 0.15) is 56.2 Å². The van der Waals surface area contributed by atoms with E-state index in [4.69, 9.17) is 9.51 Å². The normalized spacial score (nSPS) is 18.9. The van der Waals surface area contributed by atoms with E-state index in [-0.39, 0.29) is 12.0 Å². The summed E-state index contributed by atoms with van der Waals surface area (Å²) in [6, 6.07) is 8.49. The van der Waals surface area contributed by atoms with Crippen molar-refractivity contribution < 1.29 is 4.52 Å². The van der Waals surface area contributed by atoms with Gasteiger partial charge in [-0.2, -0.15) is 4.98 Å². The summed E-state index contributed by atoms with van der Waals surface area (Å²) in [5, 5.41) is 4.22. The summed E-state index contributed by atoms with van der Waals surface area (Å²) >= 11 is 0. The van der Waals surface area contributed by atoms with Crippen molar-refractivity contribution >= 4 is 11.0 Å². The standard InChI is InChI=1S/C18H23N5O/c1-12(2)18-20-17(21-24-18)15-9-6-10-23(15)11-16-19-13-7-4-5-8-14(13)22(16)3/h4-5,7-8,12,15H,6,9-11H2,1-3H3. The number of likely N-dealkylation sites (tertiary alicyclic amines) is 1. The highest BCUT2D eigenvalue weighted by Crippen LogP contribution is 2.32. The maximum Gasteiger partial charge on any atom is 0.229 e. The number of para-hydroxylation sites is 2. The van der Waals surface area contributed by atoms with Gasteiger partial charge in [0.1, 0.15) is 5.82 Å². The molecule has 0 radical (unpaired) electrons. The van der Waals surface area contributed by atoms with Gasteiger partial charge in [0.05, 0.1) is 23.6 Å². The van der Waals surface area contributed by atoms with E-state index in [0.717, 1.165) is 49.0 Å². The van der Waals surface area contributed by atoms with E-state index in [1.165, 1.54) is 5.52 Å². The monoisotopic (exact) mass is 325 g/mol. The van der Waals surface area contributed by atoms with E-state index in [1.807, 2.05) is 6.07 Å². The van der Waals surface area contributed by atoms with E-state index in [9.17, 15) is 0 Å². The highest BCUT2D eigenvalue weighted by molar-refractivity contribution is 5.75. The van der Waals surface area contributed by atoms with Crippen LogP contribution in [0.15, 0.2) is 28.8 Å². The highest BCUT2D eigenvalue weighted by atomic mass is 16.5. The molecule has 1 aromatic carbocycles. The molecule has 0 spiro atoms. The Morgan fingerprint density at radius 3 is 2.83 bits per heavy atom. The minimum absolute atomic E-state index is 0.223. The van der Waals surface area contributed by atoms with Crippen LogP contribution >= 0.6 is 0 Å². The fraction of sp³-hybridized carbons (Fsp3) is 0.500. The largest absolute Gasteiger partial charge is 0.339 e. The Hall–Kier alpha value is -2.21. The van der Waals surface area contributed by atoms with Gasteiger partial charge in [-0.3, -0.25) is 4.90 Å². The lowest BCUT2D eigenvalue weighted by Crippen LogP contribution is -2.25.